The third kappa shape index (κ3) is 16.4. The van der Waals surface area contributed by atoms with Crippen LogP contribution in [-0.4, -0.2) is 19.9 Å². The predicted octanol–water partition coefficient (Wildman–Crippen LogP) is 13.8. The molecule has 0 bridgehead atoms. The number of hydrogen-bond donors (Lipinski definition) is 0. The molecule has 0 radical (unpaired) electrons. The smallest absolute Gasteiger partial charge is 0.0408 e. The van der Waals surface area contributed by atoms with E-state index in [1.54, 1.807) is 48.8 Å². The largest absolute Gasteiger partial charge is 0.305 e. The van der Waals surface area contributed by atoms with E-state index in [1.807, 2.05) is 12.4 Å². The molecule has 15 heteroatoms. The van der Waals surface area contributed by atoms with Gasteiger partial charge in [-0.05, 0) is 69.7 Å². The average Bonchev–Trinajstić information content (AvgIpc) is 3.08. The summed E-state index contributed by atoms with van der Waals surface area (Å²) in [5.41, 5.74) is 5.98. The molecular formula is C40H36F10N4P-3. The van der Waals surface area contributed by atoms with E-state index in [0.29, 0.717) is 11.4 Å². The number of hydrogen-bond acceptors (Lipinski definition) is 4. The first-order valence-electron chi connectivity index (χ1n) is 16.2. The summed E-state index contributed by atoms with van der Waals surface area (Å²) in [5.74, 6) is -2.57. The molecule has 0 aliphatic carbocycles. The minimum absolute atomic E-state index is 0.124. The molecule has 0 saturated heterocycles. The zero-order valence-corrected chi connectivity index (χ0v) is 31.3. The van der Waals surface area contributed by atoms with E-state index in [-0.39, 0.29) is 22.0 Å². The van der Waals surface area contributed by atoms with Gasteiger partial charge in [0.1, 0.15) is 0 Å². The molecule has 0 saturated carbocycles. The Kier molecular flexibility index (Phi) is 13.4. The van der Waals surface area contributed by atoms with Crippen LogP contribution in [0.2, 0.25) is 0 Å². The van der Waals surface area contributed by atoms with Gasteiger partial charge in [-0.3, -0.25) is 27.5 Å². The van der Waals surface area contributed by atoms with Crippen LogP contribution in [0.4, 0.5) is 42.7 Å². The molecule has 4 heterocycles. The van der Waals surface area contributed by atoms with E-state index < -0.39 is 31.1 Å². The first-order valence-corrected chi connectivity index (χ1v) is 18.3. The quantitative estimate of drug-likeness (QED) is 0.102. The second-order valence-corrected chi connectivity index (χ2v) is 15.7. The van der Waals surface area contributed by atoms with Crippen molar-refractivity contribution < 1.29 is 42.7 Å². The van der Waals surface area contributed by atoms with Crippen molar-refractivity contribution in [3.05, 3.63) is 156 Å². The number of nitrogens with zero attached hydrogens (tertiary/aromatic N) is 4. The SMILES string of the molecule is CC(C)(C)c1ccnc(-c2cc(C(C)(C)C)ccn2)c1.F[P-](F)(F)(F)(F)F.Fc1c[c-]c(-c2ccccn2)c(F)c1.Fc1c[c-]c(-c2ccccn2)c(F)c1. The van der Waals surface area contributed by atoms with Gasteiger partial charge in [-0.1, -0.05) is 89.1 Å². The van der Waals surface area contributed by atoms with Gasteiger partial charge >= 0.3 is 33.0 Å². The van der Waals surface area contributed by atoms with Crippen LogP contribution >= 0.6 is 7.81 Å². The minimum atomic E-state index is -10.7. The first kappa shape index (κ1) is 44.2. The van der Waals surface area contributed by atoms with Gasteiger partial charge in [0.25, 0.3) is 0 Å². The Labute approximate surface area is 312 Å². The summed E-state index contributed by atoms with van der Waals surface area (Å²) in [6.45, 7) is 13.3. The first-order chi connectivity index (χ1) is 25.2. The maximum absolute atomic E-state index is 13.2. The van der Waals surface area contributed by atoms with Crippen LogP contribution in [0.15, 0.2) is 110 Å². The molecule has 0 aliphatic rings. The molecule has 0 spiro atoms. The van der Waals surface area contributed by atoms with Crippen LogP contribution in [0.5, 0.6) is 0 Å². The third-order valence-corrected chi connectivity index (χ3v) is 7.07. The molecule has 4 nitrogen and oxygen atoms in total. The molecule has 6 aromatic rings. The van der Waals surface area contributed by atoms with E-state index in [2.05, 4.69) is 97.9 Å². The Balaban J connectivity index is 0.000000208. The molecule has 55 heavy (non-hydrogen) atoms. The standard InChI is InChI=1S/C18H24N2.2C11H6F2N.F6P/c1-17(2,3)13-7-9-19-15(11-13)16-12-14(8-10-20-16)18(4,5)6;2*12-8-4-5-9(10(13)7-8)11-3-1-2-6-14-11;1-7(2,3,4,5)6/h7-12H,1-6H3;2*1-4,6-7H;/q;3*-1. The van der Waals surface area contributed by atoms with Gasteiger partial charge in [0.2, 0.25) is 0 Å². The molecule has 0 aliphatic heterocycles. The van der Waals surface area contributed by atoms with Gasteiger partial charge in [-0.15, -0.1) is 24.3 Å². The van der Waals surface area contributed by atoms with Crippen LogP contribution < -0.4 is 0 Å². The van der Waals surface area contributed by atoms with Gasteiger partial charge in [0, 0.05) is 48.1 Å². The number of pyridine rings is 4. The number of rotatable bonds is 3. The molecule has 0 amide bonds. The molecule has 4 aromatic heterocycles. The topological polar surface area (TPSA) is 51.6 Å². The van der Waals surface area contributed by atoms with Crippen LogP contribution in [0.3, 0.4) is 0 Å². The van der Waals surface area contributed by atoms with Crippen LogP contribution in [-0.2, 0) is 10.8 Å². The summed E-state index contributed by atoms with van der Waals surface area (Å²) >= 11 is 0. The number of aromatic nitrogens is 4. The fraction of sp³-hybridized carbons (Fsp3) is 0.200. The summed E-state index contributed by atoms with van der Waals surface area (Å²) in [5, 5.41) is 0. The van der Waals surface area contributed by atoms with Gasteiger partial charge in [0.15, 0.2) is 0 Å². The predicted molar refractivity (Wildman–Crippen MR) is 195 cm³/mol. The summed E-state index contributed by atoms with van der Waals surface area (Å²) in [6, 6.07) is 27.5. The van der Waals surface area contributed by atoms with Crippen LogP contribution in [0.1, 0.15) is 52.7 Å². The molecule has 0 atom stereocenters. The Hall–Kier alpha value is -5.23. The molecular weight excluding hydrogens is 757 g/mol. The van der Waals surface area contributed by atoms with E-state index in [1.165, 1.54) is 11.1 Å². The summed E-state index contributed by atoms with van der Waals surface area (Å²) in [6.07, 6.45) is 6.85. The average molecular weight is 794 g/mol. The third-order valence-electron chi connectivity index (χ3n) is 7.07. The Morgan fingerprint density at radius 2 is 0.782 bits per heavy atom. The second-order valence-electron chi connectivity index (χ2n) is 13.8. The number of benzene rings is 2. The van der Waals surface area contributed by atoms with E-state index in [9.17, 15) is 42.7 Å². The van der Waals surface area contributed by atoms with Crippen molar-refractivity contribution in [2.24, 2.45) is 0 Å². The van der Waals surface area contributed by atoms with Crippen molar-refractivity contribution >= 4 is 7.81 Å². The van der Waals surface area contributed by atoms with E-state index >= 15 is 0 Å². The van der Waals surface area contributed by atoms with Gasteiger partial charge in [-0.2, -0.15) is 0 Å². The monoisotopic (exact) mass is 793 g/mol. The Bertz CT molecular complexity index is 2020. The summed E-state index contributed by atoms with van der Waals surface area (Å²) in [7, 11) is -10.7. The summed E-state index contributed by atoms with van der Waals surface area (Å²) < 4.78 is 111. The second kappa shape index (κ2) is 16.6. The molecule has 2 aromatic carbocycles. The molecule has 0 N–H and O–H groups in total. The molecule has 6 rings (SSSR count). The normalized spacial score (nSPS) is 12.7. The Morgan fingerprint density at radius 3 is 1.05 bits per heavy atom. The van der Waals surface area contributed by atoms with Gasteiger partial charge < -0.3 is 9.97 Å². The van der Waals surface area contributed by atoms with E-state index in [4.69, 9.17) is 0 Å². The maximum Gasteiger partial charge on any atom is 0.0408 e. The van der Waals surface area contributed by atoms with Gasteiger partial charge in [0.05, 0.1) is 11.4 Å². The number of halogens is 10. The molecule has 294 valence electrons. The van der Waals surface area contributed by atoms with Gasteiger partial charge in [-0.25, -0.2) is 0 Å². The minimum Gasteiger partial charge on any atom is -0.305 e. The van der Waals surface area contributed by atoms with Crippen molar-refractivity contribution in [3.8, 4) is 33.9 Å². The summed E-state index contributed by atoms with van der Waals surface area (Å²) in [4.78, 5) is 16.9. The zero-order valence-electron chi connectivity index (χ0n) is 30.4. The fourth-order valence-electron chi connectivity index (χ4n) is 4.38. The van der Waals surface area contributed by atoms with Crippen molar-refractivity contribution in [2.75, 3.05) is 0 Å². The van der Waals surface area contributed by atoms with Crippen molar-refractivity contribution in [1.82, 2.24) is 19.9 Å². The van der Waals surface area contributed by atoms with Crippen molar-refractivity contribution in [2.45, 2.75) is 52.4 Å². The molecule has 0 fully saturated rings. The molecule has 0 unspecified atom stereocenters. The van der Waals surface area contributed by atoms with Crippen LogP contribution in [0.25, 0.3) is 33.9 Å². The van der Waals surface area contributed by atoms with Crippen molar-refractivity contribution in [1.29, 1.82) is 0 Å². The van der Waals surface area contributed by atoms with Crippen molar-refractivity contribution in [3.63, 3.8) is 0 Å². The Morgan fingerprint density at radius 1 is 0.455 bits per heavy atom. The fourth-order valence-corrected chi connectivity index (χ4v) is 4.38. The maximum atomic E-state index is 13.2. The zero-order chi connectivity index (χ0) is 41.3. The van der Waals surface area contributed by atoms with Crippen LogP contribution in [0, 0.1) is 35.4 Å². The van der Waals surface area contributed by atoms with E-state index in [0.717, 1.165) is 35.7 Å².